The molecule has 8 heteroatoms. The summed E-state index contributed by atoms with van der Waals surface area (Å²) in [6, 6.07) is 11.5. The normalized spacial score (nSPS) is 16.6. The molecule has 1 heterocycles. The molecule has 2 aromatic rings. The van der Waals surface area contributed by atoms with Gasteiger partial charge in [0.05, 0.1) is 24.8 Å². The molecule has 1 atom stereocenters. The van der Waals surface area contributed by atoms with Crippen molar-refractivity contribution in [3.63, 3.8) is 0 Å². The van der Waals surface area contributed by atoms with Crippen LogP contribution in [0, 0.1) is 0 Å². The highest BCUT2D eigenvalue weighted by Crippen LogP contribution is 2.30. The number of nitrogens with zero attached hydrogens (tertiary/aromatic N) is 1. The summed E-state index contributed by atoms with van der Waals surface area (Å²) in [5, 5.41) is 3.33. The van der Waals surface area contributed by atoms with E-state index in [0.29, 0.717) is 31.3 Å². The molecule has 1 amide bonds. The van der Waals surface area contributed by atoms with Crippen LogP contribution in [-0.4, -0.2) is 43.7 Å². The lowest BCUT2D eigenvalue weighted by molar-refractivity contribution is -0.137. The summed E-state index contributed by atoms with van der Waals surface area (Å²) in [4.78, 5) is 14.6. The molecule has 2 aromatic carbocycles. The van der Waals surface area contributed by atoms with E-state index in [2.05, 4.69) is 10.2 Å². The second-order valence-corrected chi connectivity index (χ2v) is 6.88. The molecule has 0 radical (unpaired) electrons. The Balaban J connectivity index is 1.76. The first kappa shape index (κ1) is 20.6. The van der Waals surface area contributed by atoms with Gasteiger partial charge in [-0.3, -0.25) is 9.69 Å². The molecule has 1 N–H and O–H groups in total. The van der Waals surface area contributed by atoms with Crippen molar-refractivity contribution in [1.29, 1.82) is 0 Å². The Morgan fingerprint density at radius 2 is 1.86 bits per heavy atom. The number of benzene rings is 2. The second-order valence-electron chi connectivity index (χ2n) is 6.47. The SMILES string of the molecule is O=C(NCC(c1ccccc1Cl)N1CCOCC1)c1cccc(C(F)(F)F)c1. The molecule has 1 aliphatic rings. The fraction of sp³-hybridized carbons (Fsp3) is 0.350. The van der Waals surface area contributed by atoms with E-state index in [1.165, 1.54) is 12.1 Å². The molecule has 3 rings (SSSR count). The number of carbonyl (C=O) groups is 1. The van der Waals surface area contributed by atoms with Gasteiger partial charge in [0, 0.05) is 30.2 Å². The molecular formula is C20H20ClF3N2O2. The number of rotatable bonds is 5. The number of nitrogens with one attached hydrogen (secondary N) is 1. The van der Waals surface area contributed by atoms with Crippen LogP contribution >= 0.6 is 11.6 Å². The van der Waals surface area contributed by atoms with Crippen molar-refractivity contribution in [2.75, 3.05) is 32.8 Å². The molecule has 4 nitrogen and oxygen atoms in total. The van der Waals surface area contributed by atoms with Crippen LogP contribution in [0.1, 0.15) is 27.5 Å². The van der Waals surface area contributed by atoms with Crippen LogP contribution in [0.15, 0.2) is 48.5 Å². The summed E-state index contributed by atoms with van der Waals surface area (Å²) in [5.41, 5.74) is -0.0268. The van der Waals surface area contributed by atoms with Crippen LogP contribution in [0.3, 0.4) is 0 Å². The van der Waals surface area contributed by atoms with Crippen molar-refractivity contribution in [2.24, 2.45) is 0 Å². The van der Waals surface area contributed by atoms with Crippen LogP contribution in [0.5, 0.6) is 0 Å². The zero-order chi connectivity index (χ0) is 20.1. The molecule has 0 aliphatic carbocycles. The Labute approximate surface area is 166 Å². The molecular weight excluding hydrogens is 393 g/mol. The molecule has 28 heavy (non-hydrogen) atoms. The van der Waals surface area contributed by atoms with Gasteiger partial charge in [-0.05, 0) is 29.8 Å². The summed E-state index contributed by atoms with van der Waals surface area (Å²) < 4.78 is 44.1. The number of alkyl halides is 3. The lowest BCUT2D eigenvalue weighted by atomic mass is 10.0. The molecule has 0 bridgehead atoms. The number of hydrogen-bond acceptors (Lipinski definition) is 3. The van der Waals surface area contributed by atoms with Crippen LogP contribution < -0.4 is 5.32 Å². The number of morpholine rings is 1. The van der Waals surface area contributed by atoms with E-state index in [9.17, 15) is 18.0 Å². The quantitative estimate of drug-likeness (QED) is 0.801. The molecule has 0 saturated carbocycles. The van der Waals surface area contributed by atoms with Gasteiger partial charge in [-0.25, -0.2) is 0 Å². The zero-order valence-corrected chi connectivity index (χ0v) is 15.8. The summed E-state index contributed by atoms with van der Waals surface area (Å²) in [6.07, 6.45) is -4.50. The summed E-state index contributed by atoms with van der Waals surface area (Å²) >= 11 is 6.35. The Morgan fingerprint density at radius 1 is 1.14 bits per heavy atom. The highest BCUT2D eigenvalue weighted by Gasteiger charge is 2.31. The van der Waals surface area contributed by atoms with Crippen molar-refractivity contribution in [2.45, 2.75) is 12.2 Å². The molecule has 1 aliphatic heterocycles. The van der Waals surface area contributed by atoms with E-state index in [1.807, 2.05) is 18.2 Å². The van der Waals surface area contributed by atoms with Crippen molar-refractivity contribution in [1.82, 2.24) is 10.2 Å². The van der Waals surface area contributed by atoms with Gasteiger partial charge >= 0.3 is 6.18 Å². The van der Waals surface area contributed by atoms with Crippen LogP contribution in [0.25, 0.3) is 0 Å². The summed E-state index contributed by atoms with van der Waals surface area (Å²) in [7, 11) is 0. The van der Waals surface area contributed by atoms with Crippen molar-refractivity contribution >= 4 is 17.5 Å². The monoisotopic (exact) mass is 412 g/mol. The van der Waals surface area contributed by atoms with Crippen molar-refractivity contribution in [3.8, 4) is 0 Å². The Kier molecular flexibility index (Phi) is 6.59. The minimum Gasteiger partial charge on any atom is -0.379 e. The largest absolute Gasteiger partial charge is 0.416 e. The standard InChI is InChI=1S/C20H20ClF3N2O2/c21-17-7-2-1-6-16(17)18(26-8-10-28-11-9-26)13-25-19(27)14-4-3-5-15(12-14)20(22,23)24/h1-7,12,18H,8-11,13H2,(H,25,27). The number of carbonyl (C=O) groups excluding carboxylic acids is 1. The lowest BCUT2D eigenvalue weighted by Crippen LogP contribution is -2.44. The maximum atomic E-state index is 12.9. The maximum absolute atomic E-state index is 12.9. The number of amides is 1. The summed E-state index contributed by atoms with van der Waals surface area (Å²) in [5.74, 6) is -0.559. The lowest BCUT2D eigenvalue weighted by Gasteiger charge is -2.35. The van der Waals surface area contributed by atoms with Gasteiger partial charge in [-0.2, -0.15) is 13.2 Å². The highest BCUT2D eigenvalue weighted by molar-refractivity contribution is 6.31. The smallest absolute Gasteiger partial charge is 0.379 e. The highest BCUT2D eigenvalue weighted by atomic mass is 35.5. The van der Waals surface area contributed by atoms with E-state index in [4.69, 9.17) is 16.3 Å². The third kappa shape index (κ3) is 5.04. The first-order valence-corrected chi connectivity index (χ1v) is 9.26. The van der Waals surface area contributed by atoms with E-state index in [1.54, 1.807) is 6.07 Å². The van der Waals surface area contributed by atoms with Gasteiger partial charge in [0.2, 0.25) is 0 Å². The van der Waals surface area contributed by atoms with Gasteiger partial charge in [0.1, 0.15) is 0 Å². The topological polar surface area (TPSA) is 41.6 Å². The molecule has 150 valence electrons. The van der Waals surface area contributed by atoms with Gasteiger partial charge in [0.15, 0.2) is 0 Å². The number of hydrogen-bond donors (Lipinski definition) is 1. The molecule has 1 unspecified atom stereocenters. The van der Waals surface area contributed by atoms with Crippen molar-refractivity contribution < 1.29 is 22.7 Å². The first-order chi connectivity index (χ1) is 13.4. The first-order valence-electron chi connectivity index (χ1n) is 8.88. The summed E-state index contributed by atoms with van der Waals surface area (Å²) in [6.45, 7) is 2.72. The third-order valence-electron chi connectivity index (χ3n) is 4.66. The van der Waals surface area contributed by atoms with Gasteiger partial charge in [0.25, 0.3) is 5.91 Å². The fourth-order valence-corrected chi connectivity index (χ4v) is 3.46. The van der Waals surface area contributed by atoms with E-state index in [0.717, 1.165) is 17.7 Å². The maximum Gasteiger partial charge on any atom is 0.416 e. The predicted octanol–water partition coefficient (Wildman–Crippen LogP) is 4.16. The average Bonchev–Trinajstić information content (AvgIpc) is 2.69. The predicted molar refractivity (Wildman–Crippen MR) is 100 cm³/mol. The van der Waals surface area contributed by atoms with E-state index < -0.39 is 17.6 Å². The van der Waals surface area contributed by atoms with Crippen molar-refractivity contribution in [3.05, 3.63) is 70.2 Å². The second kappa shape index (κ2) is 8.94. The molecule has 0 aromatic heterocycles. The van der Waals surface area contributed by atoms with Crippen LogP contribution in [0.2, 0.25) is 5.02 Å². The van der Waals surface area contributed by atoms with Crippen LogP contribution in [-0.2, 0) is 10.9 Å². The van der Waals surface area contributed by atoms with E-state index in [-0.39, 0.29) is 18.2 Å². The molecule has 1 saturated heterocycles. The minimum atomic E-state index is -4.50. The molecule has 0 spiro atoms. The third-order valence-corrected chi connectivity index (χ3v) is 5.00. The number of ether oxygens (including phenoxy) is 1. The van der Waals surface area contributed by atoms with Crippen LogP contribution in [0.4, 0.5) is 13.2 Å². The molecule has 1 fully saturated rings. The van der Waals surface area contributed by atoms with Gasteiger partial charge in [-0.1, -0.05) is 35.9 Å². The number of halogens is 4. The van der Waals surface area contributed by atoms with Gasteiger partial charge < -0.3 is 10.1 Å². The Bertz CT molecular complexity index is 823. The minimum absolute atomic E-state index is 0.0327. The van der Waals surface area contributed by atoms with E-state index >= 15 is 0 Å². The Hall–Kier alpha value is -2.09. The zero-order valence-electron chi connectivity index (χ0n) is 15.0. The van der Waals surface area contributed by atoms with Gasteiger partial charge in [-0.15, -0.1) is 0 Å². The fourth-order valence-electron chi connectivity index (χ4n) is 3.20. The Morgan fingerprint density at radius 3 is 2.54 bits per heavy atom. The average molecular weight is 413 g/mol.